The molecule has 120 valence electrons. The van der Waals surface area contributed by atoms with E-state index in [1.807, 2.05) is 42.5 Å². The summed E-state index contributed by atoms with van der Waals surface area (Å²) in [5, 5.41) is 14.5. The van der Waals surface area contributed by atoms with Gasteiger partial charge in [-0.05, 0) is 29.2 Å². The number of carboxylic acid groups (broad SMARTS) is 1. The maximum atomic E-state index is 12.4. The maximum Gasteiger partial charge on any atom is 0.329 e. The van der Waals surface area contributed by atoms with Gasteiger partial charge in [0.25, 0.3) is 0 Å². The summed E-state index contributed by atoms with van der Waals surface area (Å²) >= 11 is 0. The number of rotatable bonds is 4. The predicted octanol–water partition coefficient (Wildman–Crippen LogP) is 3.29. The third kappa shape index (κ3) is 3.36. The quantitative estimate of drug-likeness (QED) is 0.910. The first-order valence-corrected chi connectivity index (χ1v) is 8.11. The second-order valence-electron chi connectivity index (χ2n) is 6.35. The molecule has 4 heteroatoms. The number of aliphatic carboxylic acids is 1. The lowest BCUT2D eigenvalue weighted by atomic mass is 9.81. The van der Waals surface area contributed by atoms with Crippen LogP contribution in [0.25, 0.3) is 10.8 Å². The molecular weight excluding hydrogens is 290 g/mol. The third-order valence-electron chi connectivity index (χ3n) is 4.67. The molecular formula is C19H21NO3. The van der Waals surface area contributed by atoms with Crippen molar-refractivity contribution in [3.63, 3.8) is 0 Å². The Labute approximate surface area is 135 Å². The van der Waals surface area contributed by atoms with E-state index in [0.717, 1.165) is 35.6 Å². The first-order valence-electron chi connectivity index (χ1n) is 8.11. The molecule has 2 aromatic rings. The van der Waals surface area contributed by atoms with E-state index >= 15 is 0 Å². The summed E-state index contributed by atoms with van der Waals surface area (Å²) in [5.41, 5.74) is -0.177. The molecule has 1 aliphatic rings. The highest BCUT2D eigenvalue weighted by Gasteiger charge is 2.40. The number of benzene rings is 2. The SMILES string of the molecule is O=C(Cc1ccc2ccccc2c1)NC1(C(=O)O)CCCCC1. The monoisotopic (exact) mass is 311 g/mol. The highest BCUT2D eigenvalue weighted by Crippen LogP contribution is 2.28. The van der Waals surface area contributed by atoms with Crippen LogP contribution < -0.4 is 5.32 Å². The summed E-state index contributed by atoms with van der Waals surface area (Å²) in [6, 6.07) is 13.9. The summed E-state index contributed by atoms with van der Waals surface area (Å²) in [5.74, 6) is -1.13. The normalized spacial score (nSPS) is 16.9. The number of carbonyl (C=O) groups is 2. The highest BCUT2D eigenvalue weighted by atomic mass is 16.4. The summed E-state index contributed by atoms with van der Waals surface area (Å²) in [7, 11) is 0. The van der Waals surface area contributed by atoms with Gasteiger partial charge in [0.05, 0.1) is 6.42 Å². The van der Waals surface area contributed by atoms with E-state index in [2.05, 4.69) is 5.32 Å². The number of nitrogens with one attached hydrogen (secondary N) is 1. The van der Waals surface area contributed by atoms with Crippen molar-refractivity contribution in [2.45, 2.75) is 44.1 Å². The molecule has 23 heavy (non-hydrogen) atoms. The van der Waals surface area contributed by atoms with Gasteiger partial charge in [0.15, 0.2) is 0 Å². The molecule has 3 rings (SSSR count). The molecule has 0 heterocycles. The second kappa shape index (κ2) is 6.41. The minimum atomic E-state index is -1.08. The molecule has 0 unspecified atom stereocenters. The molecule has 1 amide bonds. The van der Waals surface area contributed by atoms with Gasteiger partial charge in [0, 0.05) is 0 Å². The van der Waals surface area contributed by atoms with Gasteiger partial charge in [-0.25, -0.2) is 4.79 Å². The van der Waals surface area contributed by atoms with Crippen molar-refractivity contribution in [2.75, 3.05) is 0 Å². The molecule has 1 saturated carbocycles. The van der Waals surface area contributed by atoms with Gasteiger partial charge in [0.2, 0.25) is 5.91 Å². The van der Waals surface area contributed by atoms with Gasteiger partial charge in [-0.15, -0.1) is 0 Å². The molecule has 0 radical (unpaired) electrons. The van der Waals surface area contributed by atoms with Crippen LogP contribution in [0.3, 0.4) is 0 Å². The fraction of sp³-hybridized carbons (Fsp3) is 0.368. The Kier molecular flexibility index (Phi) is 4.33. The Hall–Kier alpha value is -2.36. The molecule has 1 fully saturated rings. The summed E-state index contributed by atoms with van der Waals surface area (Å²) in [6.45, 7) is 0. The van der Waals surface area contributed by atoms with E-state index in [1.54, 1.807) is 0 Å². The Morgan fingerprint density at radius 1 is 1.00 bits per heavy atom. The smallest absolute Gasteiger partial charge is 0.329 e. The van der Waals surface area contributed by atoms with Gasteiger partial charge < -0.3 is 10.4 Å². The predicted molar refractivity (Wildman–Crippen MR) is 89.2 cm³/mol. The van der Waals surface area contributed by atoms with Crippen LogP contribution in [-0.4, -0.2) is 22.5 Å². The highest BCUT2D eigenvalue weighted by molar-refractivity contribution is 5.89. The maximum absolute atomic E-state index is 12.4. The van der Waals surface area contributed by atoms with Crippen molar-refractivity contribution in [3.8, 4) is 0 Å². The zero-order chi connectivity index (χ0) is 16.3. The first-order chi connectivity index (χ1) is 11.1. The van der Waals surface area contributed by atoms with Crippen molar-refractivity contribution in [3.05, 3.63) is 48.0 Å². The molecule has 0 aliphatic heterocycles. The minimum absolute atomic E-state index is 0.208. The Bertz CT molecular complexity index is 732. The van der Waals surface area contributed by atoms with E-state index in [0.29, 0.717) is 12.8 Å². The van der Waals surface area contributed by atoms with Crippen LogP contribution >= 0.6 is 0 Å². The molecule has 0 bridgehead atoms. The van der Waals surface area contributed by atoms with Crippen LogP contribution in [0.1, 0.15) is 37.7 Å². The Morgan fingerprint density at radius 2 is 1.70 bits per heavy atom. The Balaban J connectivity index is 1.73. The number of fused-ring (bicyclic) bond motifs is 1. The number of amides is 1. The minimum Gasteiger partial charge on any atom is -0.480 e. The summed E-state index contributed by atoms with van der Waals surface area (Å²) in [6.07, 6.45) is 3.98. The van der Waals surface area contributed by atoms with Crippen LogP contribution in [0.2, 0.25) is 0 Å². The molecule has 4 nitrogen and oxygen atoms in total. The van der Waals surface area contributed by atoms with Gasteiger partial charge in [-0.3, -0.25) is 4.79 Å². The van der Waals surface area contributed by atoms with Crippen LogP contribution in [0.5, 0.6) is 0 Å². The van der Waals surface area contributed by atoms with Crippen molar-refractivity contribution in [1.29, 1.82) is 0 Å². The van der Waals surface area contributed by atoms with Gasteiger partial charge in [-0.2, -0.15) is 0 Å². The average molecular weight is 311 g/mol. The molecule has 2 N–H and O–H groups in total. The topological polar surface area (TPSA) is 66.4 Å². The third-order valence-corrected chi connectivity index (χ3v) is 4.67. The van der Waals surface area contributed by atoms with Crippen LogP contribution in [0.4, 0.5) is 0 Å². The van der Waals surface area contributed by atoms with E-state index in [4.69, 9.17) is 0 Å². The van der Waals surface area contributed by atoms with Gasteiger partial charge in [0.1, 0.15) is 5.54 Å². The number of hydrogen-bond acceptors (Lipinski definition) is 2. The fourth-order valence-corrected chi connectivity index (χ4v) is 3.39. The van der Waals surface area contributed by atoms with Gasteiger partial charge >= 0.3 is 5.97 Å². The van der Waals surface area contributed by atoms with Crippen molar-refractivity contribution in [1.82, 2.24) is 5.32 Å². The summed E-state index contributed by atoms with van der Waals surface area (Å²) in [4.78, 5) is 24.0. The standard InChI is InChI=1S/C19H21NO3/c21-17(20-19(18(22)23)10-4-1-5-11-19)13-14-8-9-15-6-2-3-7-16(15)12-14/h2-3,6-9,12H,1,4-5,10-11,13H2,(H,20,21)(H,22,23). The fourth-order valence-electron chi connectivity index (χ4n) is 3.39. The van der Waals surface area contributed by atoms with E-state index in [9.17, 15) is 14.7 Å². The largest absolute Gasteiger partial charge is 0.480 e. The second-order valence-corrected chi connectivity index (χ2v) is 6.35. The summed E-state index contributed by atoms with van der Waals surface area (Å²) < 4.78 is 0. The van der Waals surface area contributed by atoms with Crippen molar-refractivity contribution >= 4 is 22.6 Å². The molecule has 1 aliphatic carbocycles. The van der Waals surface area contributed by atoms with E-state index < -0.39 is 11.5 Å². The van der Waals surface area contributed by atoms with Crippen LogP contribution in [0.15, 0.2) is 42.5 Å². The molecule has 0 spiro atoms. The molecule has 2 aromatic carbocycles. The van der Waals surface area contributed by atoms with Crippen LogP contribution in [-0.2, 0) is 16.0 Å². The lowest BCUT2D eigenvalue weighted by Gasteiger charge is -2.34. The zero-order valence-electron chi connectivity index (χ0n) is 13.0. The van der Waals surface area contributed by atoms with Gasteiger partial charge in [-0.1, -0.05) is 61.7 Å². The van der Waals surface area contributed by atoms with Crippen molar-refractivity contribution in [2.24, 2.45) is 0 Å². The lowest BCUT2D eigenvalue weighted by molar-refractivity contribution is -0.149. The van der Waals surface area contributed by atoms with E-state index in [-0.39, 0.29) is 12.3 Å². The number of hydrogen-bond donors (Lipinski definition) is 2. The molecule has 0 saturated heterocycles. The lowest BCUT2D eigenvalue weighted by Crippen LogP contribution is -2.55. The molecule has 0 atom stereocenters. The van der Waals surface area contributed by atoms with E-state index in [1.165, 1.54) is 0 Å². The van der Waals surface area contributed by atoms with Crippen LogP contribution in [0, 0.1) is 0 Å². The number of carboxylic acids is 1. The van der Waals surface area contributed by atoms with Crippen molar-refractivity contribution < 1.29 is 14.7 Å². The average Bonchev–Trinajstić information content (AvgIpc) is 2.55. The number of carbonyl (C=O) groups excluding carboxylic acids is 1. The Morgan fingerprint density at radius 3 is 2.39 bits per heavy atom. The molecule has 0 aromatic heterocycles. The zero-order valence-corrected chi connectivity index (χ0v) is 13.0. The first kappa shape index (κ1) is 15.5.